The molecule has 0 spiro atoms. The minimum Gasteiger partial charge on any atom is -0.394 e. The lowest BCUT2D eigenvalue weighted by atomic mass is 10.0. The number of aromatic nitrogens is 4. The first kappa shape index (κ1) is 20.4. The topological polar surface area (TPSA) is 92.9 Å². The van der Waals surface area contributed by atoms with Crippen molar-refractivity contribution in [1.29, 1.82) is 0 Å². The predicted octanol–water partition coefficient (Wildman–Crippen LogP) is 3.42. The van der Waals surface area contributed by atoms with Gasteiger partial charge in [0.05, 0.1) is 18.0 Å². The first-order chi connectivity index (χ1) is 15.0. The molecule has 0 aliphatic rings. The summed E-state index contributed by atoms with van der Waals surface area (Å²) in [7, 11) is 0. The number of pyridine rings is 1. The average Bonchev–Trinajstić information content (AvgIpc) is 3.30. The molecule has 4 aromatic rings. The molecule has 0 radical (unpaired) electrons. The Morgan fingerprint density at radius 1 is 1.06 bits per heavy atom. The Balaban J connectivity index is 1.84. The fourth-order valence-electron chi connectivity index (χ4n) is 3.22. The number of amides is 1. The van der Waals surface area contributed by atoms with E-state index in [1.165, 1.54) is 6.33 Å². The second kappa shape index (κ2) is 8.89. The Morgan fingerprint density at radius 3 is 2.58 bits per heavy atom. The fraction of sp³-hybridized carbons (Fsp3) is 0.167. The van der Waals surface area contributed by atoms with E-state index in [0.29, 0.717) is 17.1 Å². The van der Waals surface area contributed by atoms with Crippen molar-refractivity contribution in [3.8, 4) is 28.3 Å². The van der Waals surface area contributed by atoms with Crippen molar-refractivity contribution in [2.45, 2.75) is 19.9 Å². The van der Waals surface area contributed by atoms with Crippen LogP contribution in [0.5, 0.6) is 0 Å². The summed E-state index contributed by atoms with van der Waals surface area (Å²) in [6.07, 6.45) is 3.28. The van der Waals surface area contributed by atoms with Gasteiger partial charge >= 0.3 is 0 Å². The number of aliphatic hydroxyl groups is 1. The number of nitrogens with zero attached hydrogens (tertiary/aromatic N) is 4. The number of nitrogens with one attached hydrogen (secondary N) is 1. The van der Waals surface area contributed by atoms with E-state index >= 15 is 0 Å². The van der Waals surface area contributed by atoms with Crippen molar-refractivity contribution in [3.05, 3.63) is 84.3 Å². The third-order valence-electron chi connectivity index (χ3n) is 4.86. The maximum atomic E-state index is 12.8. The number of benzene rings is 2. The van der Waals surface area contributed by atoms with Crippen molar-refractivity contribution < 1.29 is 9.90 Å². The molecule has 0 aliphatic heterocycles. The average molecular weight is 413 g/mol. The number of rotatable bonds is 6. The molecule has 1 atom stereocenters. The second-order valence-corrected chi connectivity index (χ2v) is 7.41. The molecule has 1 unspecified atom stereocenters. The number of carbonyl (C=O) groups is 1. The molecule has 0 aliphatic carbocycles. The summed E-state index contributed by atoms with van der Waals surface area (Å²) in [5.41, 5.74) is 4.64. The number of aliphatic hydroxyl groups excluding tert-OH is 1. The van der Waals surface area contributed by atoms with Crippen molar-refractivity contribution in [3.63, 3.8) is 0 Å². The number of aryl methyl sites for hydroxylation is 1. The Bertz CT molecular complexity index is 1190. The van der Waals surface area contributed by atoms with Gasteiger partial charge in [0.15, 0.2) is 5.82 Å². The normalized spacial score (nSPS) is 11.8. The zero-order chi connectivity index (χ0) is 21.8. The number of carbonyl (C=O) groups excluding carboxylic acids is 1. The van der Waals surface area contributed by atoms with Gasteiger partial charge in [0.1, 0.15) is 6.33 Å². The minimum atomic E-state index is -0.358. The highest BCUT2D eigenvalue weighted by molar-refractivity contribution is 5.96. The Kier molecular flexibility index (Phi) is 5.86. The fourth-order valence-corrected chi connectivity index (χ4v) is 3.22. The van der Waals surface area contributed by atoms with Crippen LogP contribution >= 0.6 is 0 Å². The first-order valence-electron chi connectivity index (χ1n) is 10.0. The van der Waals surface area contributed by atoms with Crippen LogP contribution in [0.3, 0.4) is 0 Å². The van der Waals surface area contributed by atoms with Gasteiger partial charge in [-0.1, -0.05) is 36.4 Å². The SMILES string of the molecule is Cc1ccc(-c2cc(C(=O)NC(C)CO)cc(-n3ncnc3-c3ccccc3)c2)nc1. The molecule has 1 amide bonds. The van der Waals surface area contributed by atoms with Gasteiger partial charge < -0.3 is 10.4 Å². The van der Waals surface area contributed by atoms with Crippen LogP contribution in [-0.2, 0) is 0 Å². The van der Waals surface area contributed by atoms with Gasteiger partial charge in [-0.3, -0.25) is 9.78 Å². The van der Waals surface area contributed by atoms with Crippen LogP contribution < -0.4 is 5.32 Å². The van der Waals surface area contributed by atoms with Gasteiger partial charge in [-0.05, 0) is 43.7 Å². The van der Waals surface area contributed by atoms with E-state index in [0.717, 1.165) is 22.4 Å². The van der Waals surface area contributed by atoms with Crippen molar-refractivity contribution >= 4 is 5.91 Å². The summed E-state index contributed by atoms with van der Waals surface area (Å²) in [5, 5.41) is 16.5. The maximum Gasteiger partial charge on any atom is 0.251 e. The molecule has 2 aromatic heterocycles. The number of hydrogen-bond donors (Lipinski definition) is 2. The van der Waals surface area contributed by atoms with Gasteiger partial charge in [-0.25, -0.2) is 9.67 Å². The van der Waals surface area contributed by atoms with Gasteiger partial charge in [-0.2, -0.15) is 5.10 Å². The molecule has 0 saturated carbocycles. The summed E-state index contributed by atoms with van der Waals surface area (Å²) < 4.78 is 1.71. The highest BCUT2D eigenvalue weighted by Crippen LogP contribution is 2.26. The Labute approximate surface area is 180 Å². The molecule has 7 heteroatoms. The molecule has 4 rings (SSSR count). The third kappa shape index (κ3) is 4.51. The van der Waals surface area contributed by atoms with Crippen LogP contribution in [0.4, 0.5) is 0 Å². The van der Waals surface area contributed by atoms with E-state index in [9.17, 15) is 9.90 Å². The lowest BCUT2D eigenvalue weighted by Crippen LogP contribution is -2.35. The molecule has 2 aromatic carbocycles. The zero-order valence-electron chi connectivity index (χ0n) is 17.4. The molecule has 0 fully saturated rings. The highest BCUT2D eigenvalue weighted by atomic mass is 16.3. The molecular weight excluding hydrogens is 390 g/mol. The van der Waals surface area contributed by atoms with E-state index < -0.39 is 0 Å². The molecule has 7 nitrogen and oxygen atoms in total. The van der Waals surface area contributed by atoms with E-state index in [1.54, 1.807) is 29.9 Å². The molecular formula is C24H23N5O2. The standard InChI is InChI=1S/C24H23N5O2/c1-16-8-9-22(25-13-16)19-10-20(24(31)28-17(2)14-30)12-21(11-19)29-23(26-15-27-29)18-6-4-3-5-7-18/h3-13,15,17,30H,14H2,1-2H3,(H,28,31). The Hall–Kier alpha value is -3.84. The third-order valence-corrected chi connectivity index (χ3v) is 4.86. The van der Waals surface area contributed by atoms with Crippen LogP contribution in [0.2, 0.25) is 0 Å². The summed E-state index contributed by atoms with van der Waals surface area (Å²) in [5.74, 6) is 0.392. The molecule has 0 bridgehead atoms. The van der Waals surface area contributed by atoms with Crippen molar-refractivity contribution in [2.24, 2.45) is 0 Å². The van der Waals surface area contributed by atoms with Gasteiger partial charge in [0, 0.05) is 28.9 Å². The molecule has 2 heterocycles. The lowest BCUT2D eigenvalue weighted by molar-refractivity contribution is 0.0922. The zero-order valence-corrected chi connectivity index (χ0v) is 17.4. The van der Waals surface area contributed by atoms with E-state index in [1.807, 2.05) is 55.5 Å². The van der Waals surface area contributed by atoms with Crippen molar-refractivity contribution in [1.82, 2.24) is 25.1 Å². The van der Waals surface area contributed by atoms with Gasteiger partial charge in [0.2, 0.25) is 0 Å². The van der Waals surface area contributed by atoms with Crippen molar-refractivity contribution in [2.75, 3.05) is 6.61 Å². The highest BCUT2D eigenvalue weighted by Gasteiger charge is 2.16. The monoisotopic (exact) mass is 413 g/mol. The molecule has 2 N–H and O–H groups in total. The molecule has 0 saturated heterocycles. The largest absolute Gasteiger partial charge is 0.394 e. The maximum absolute atomic E-state index is 12.8. The van der Waals surface area contributed by atoms with E-state index in [2.05, 4.69) is 20.4 Å². The number of hydrogen-bond acceptors (Lipinski definition) is 5. The van der Waals surface area contributed by atoms with E-state index in [-0.39, 0.29) is 18.6 Å². The first-order valence-corrected chi connectivity index (χ1v) is 10.0. The second-order valence-electron chi connectivity index (χ2n) is 7.41. The summed E-state index contributed by atoms with van der Waals surface area (Å²) >= 11 is 0. The Morgan fingerprint density at radius 2 is 1.87 bits per heavy atom. The minimum absolute atomic E-state index is 0.140. The molecule has 156 valence electrons. The lowest BCUT2D eigenvalue weighted by Gasteiger charge is -2.14. The van der Waals surface area contributed by atoms with Crippen LogP contribution in [0.1, 0.15) is 22.8 Å². The van der Waals surface area contributed by atoms with Crippen LogP contribution in [0, 0.1) is 6.92 Å². The quantitative estimate of drug-likeness (QED) is 0.505. The predicted molar refractivity (Wildman–Crippen MR) is 119 cm³/mol. The summed E-state index contributed by atoms with van der Waals surface area (Å²) in [6, 6.07) is 18.8. The summed E-state index contributed by atoms with van der Waals surface area (Å²) in [6.45, 7) is 3.58. The van der Waals surface area contributed by atoms with Gasteiger partial charge in [-0.15, -0.1) is 0 Å². The van der Waals surface area contributed by atoms with Gasteiger partial charge in [0.25, 0.3) is 5.91 Å². The smallest absolute Gasteiger partial charge is 0.251 e. The summed E-state index contributed by atoms with van der Waals surface area (Å²) in [4.78, 5) is 21.8. The van der Waals surface area contributed by atoms with Crippen LogP contribution in [0.25, 0.3) is 28.3 Å². The van der Waals surface area contributed by atoms with Crippen LogP contribution in [0.15, 0.2) is 73.2 Å². The van der Waals surface area contributed by atoms with Crippen LogP contribution in [-0.4, -0.2) is 43.4 Å². The molecule has 31 heavy (non-hydrogen) atoms. The van der Waals surface area contributed by atoms with E-state index in [4.69, 9.17) is 0 Å².